The average molecular weight is 493 g/mol. The van der Waals surface area contributed by atoms with Crippen LogP contribution in [0.2, 0.25) is 0 Å². The Bertz CT molecular complexity index is 1390. The summed E-state index contributed by atoms with van der Waals surface area (Å²) in [7, 11) is -3.89. The number of urea groups is 1. The van der Waals surface area contributed by atoms with Crippen LogP contribution in [0, 0.1) is 6.92 Å². The first-order chi connectivity index (χ1) is 16.6. The second kappa shape index (κ2) is 9.22. The molecular formula is C25H24N4O5S. The van der Waals surface area contributed by atoms with Crippen LogP contribution in [0.3, 0.4) is 0 Å². The number of amides is 4. The molecule has 3 aromatic rings. The molecule has 3 N–H and O–H groups in total. The fourth-order valence-electron chi connectivity index (χ4n) is 3.74. The molecule has 35 heavy (non-hydrogen) atoms. The van der Waals surface area contributed by atoms with E-state index in [4.69, 9.17) is 0 Å². The quantitative estimate of drug-likeness (QED) is 0.437. The Morgan fingerprint density at radius 2 is 1.51 bits per heavy atom. The highest BCUT2D eigenvalue weighted by molar-refractivity contribution is 7.92. The van der Waals surface area contributed by atoms with Crippen LogP contribution in [0.25, 0.3) is 0 Å². The summed E-state index contributed by atoms with van der Waals surface area (Å²) in [6.45, 7) is 2.96. The van der Waals surface area contributed by atoms with Crippen LogP contribution >= 0.6 is 0 Å². The second-order valence-corrected chi connectivity index (χ2v) is 10.0. The molecule has 3 aromatic carbocycles. The van der Waals surface area contributed by atoms with E-state index in [1.807, 2.05) is 19.1 Å². The van der Waals surface area contributed by atoms with Crippen molar-refractivity contribution in [2.75, 3.05) is 16.6 Å². The number of nitrogens with zero attached hydrogens (tertiary/aromatic N) is 1. The lowest BCUT2D eigenvalue weighted by Gasteiger charge is -2.22. The van der Waals surface area contributed by atoms with E-state index in [0.717, 1.165) is 10.5 Å². The van der Waals surface area contributed by atoms with Crippen LogP contribution in [0.5, 0.6) is 0 Å². The molecule has 0 aliphatic carbocycles. The molecule has 0 bridgehead atoms. The van der Waals surface area contributed by atoms with Crippen LogP contribution in [0.1, 0.15) is 18.1 Å². The van der Waals surface area contributed by atoms with Gasteiger partial charge in [0.05, 0.1) is 16.3 Å². The molecule has 0 saturated carbocycles. The standard InChI is InChI=1S/C25H24N4O5S/c1-17-12-14-18(15-13-17)25(2)23(31)29(24(32)27-25)16-22(30)26-20-10-6-7-11-21(20)28-35(33,34)19-8-4-3-5-9-19/h3-15,28H,16H2,1-2H3,(H,26,30)(H,27,32). The molecule has 1 heterocycles. The molecule has 1 aliphatic heterocycles. The van der Waals surface area contributed by atoms with E-state index < -0.39 is 40.0 Å². The number of carbonyl (C=O) groups excluding carboxylic acids is 3. The van der Waals surface area contributed by atoms with Gasteiger partial charge in [-0.3, -0.25) is 19.2 Å². The Morgan fingerprint density at radius 3 is 2.17 bits per heavy atom. The maximum absolute atomic E-state index is 13.1. The third-order valence-electron chi connectivity index (χ3n) is 5.70. The van der Waals surface area contributed by atoms with E-state index in [2.05, 4.69) is 15.4 Å². The summed E-state index contributed by atoms with van der Waals surface area (Å²) < 4.78 is 27.9. The van der Waals surface area contributed by atoms with E-state index in [1.165, 1.54) is 24.3 Å². The zero-order chi connectivity index (χ0) is 25.2. The molecule has 10 heteroatoms. The average Bonchev–Trinajstić information content (AvgIpc) is 3.05. The number of hydrogen-bond donors (Lipinski definition) is 3. The van der Waals surface area contributed by atoms with Crippen LogP contribution in [0.4, 0.5) is 16.2 Å². The van der Waals surface area contributed by atoms with Crippen molar-refractivity contribution < 1.29 is 22.8 Å². The number of para-hydroxylation sites is 2. The summed E-state index contributed by atoms with van der Waals surface area (Å²) in [6.07, 6.45) is 0. The molecule has 1 atom stereocenters. The van der Waals surface area contributed by atoms with Gasteiger partial charge in [-0.25, -0.2) is 13.2 Å². The number of anilines is 2. The second-order valence-electron chi connectivity index (χ2n) is 8.32. The van der Waals surface area contributed by atoms with Crippen molar-refractivity contribution in [3.63, 3.8) is 0 Å². The number of benzene rings is 3. The number of aryl methyl sites for hydroxylation is 1. The van der Waals surface area contributed by atoms with Crippen LogP contribution in [-0.2, 0) is 25.2 Å². The first-order valence-corrected chi connectivity index (χ1v) is 12.3. The predicted octanol–water partition coefficient (Wildman–Crippen LogP) is 3.20. The van der Waals surface area contributed by atoms with Gasteiger partial charge in [0, 0.05) is 0 Å². The van der Waals surface area contributed by atoms with E-state index in [9.17, 15) is 22.8 Å². The molecule has 180 valence electrons. The molecular weight excluding hydrogens is 468 g/mol. The summed E-state index contributed by atoms with van der Waals surface area (Å²) in [4.78, 5) is 39.3. The third-order valence-corrected chi connectivity index (χ3v) is 7.09. The van der Waals surface area contributed by atoms with Gasteiger partial charge in [-0.2, -0.15) is 0 Å². The van der Waals surface area contributed by atoms with Crippen LogP contribution in [-0.4, -0.2) is 37.7 Å². The largest absolute Gasteiger partial charge is 0.325 e. The predicted molar refractivity (Wildman–Crippen MR) is 131 cm³/mol. The Balaban J connectivity index is 1.49. The van der Waals surface area contributed by atoms with Gasteiger partial charge in [0.1, 0.15) is 12.1 Å². The number of sulfonamides is 1. The van der Waals surface area contributed by atoms with Crippen molar-refractivity contribution in [1.82, 2.24) is 10.2 Å². The lowest BCUT2D eigenvalue weighted by molar-refractivity contribution is -0.133. The van der Waals surface area contributed by atoms with E-state index in [-0.39, 0.29) is 16.3 Å². The maximum Gasteiger partial charge on any atom is 0.325 e. The number of imide groups is 1. The summed E-state index contributed by atoms with van der Waals surface area (Å²) >= 11 is 0. The Kier molecular flexibility index (Phi) is 6.31. The van der Waals surface area contributed by atoms with Gasteiger partial charge >= 0.3 is 6.03 Å². The Morgan fingerprint density at radius 1 is 0.914 bits per heavy atom. The van der Waals surface area contributed by atoms with Gasteiger partial charge in [0.2, 0.25) is 5.91 Å². The summed E-state index contributed by atoms with van der Waals surface area (Å²) in [5.41, 5.74) is 0.641. The first kappa shape index (κ1) is 24.0. The SMILES string of the molecule is Cc1ccc(C2(C)NC(=O)N(CC(=O)Nc3ccccc3NS(=O)(=O)c3ccccc3)C2=O)cc1. The topological polar surface area (TPSA) is 125 Å². The highest BCUT2D eigenvalue weighted by atomic mass is 32.2. The van der Waals surface area contributed by atoms with Crippen LogP contribution < -0.4 is 15.4 Å². The number of carbonyl (C=O) groups is 3. The number of rotatable bonds is 7. The Labute approximate surface area is 203 Å². The molecule has 1 fully saturated rings. The summed E-state index contributed by atoms with van der Waals surface area (Å²) in [5, 5.41) is 5.25. The molecule has 1 saturated heterocycles. The smallest absolute Gasteiger partial charge is 0.323 e. The fourth-order valence-corrected chi connectivity index (χ4v) is 4.84. The van der Waals surface area contributed by atoms with Gasteiger partial charge in [-0.1, -0.05) is 60.2 Å². The zero-order valence-electron chi connectivity index (χ0n) is 19.1. The van der Waals surface area contributed by atoms with Crippen molar-refractivity contribution in [2.45, 2.75) is 24.3 Å². The normalized spacial score (nSPS) is 17.7. The molecule has 4 rings (SSSR count). The van der Waals surface area contributed by atoms with Crippen molar-refractivity contribution >= 4 is 39.2 Å². The molecule has 0 spiro atoms. The van der Waals surface area contributed by atoms with Crippen LogP contribution in [0.15, 0.2) is 83.8 Å². The lowest BCUT2D eigenvalue weighted by atomic mass is 9.91. The van der Waals surface area contributed by atoms with Crippen molar-refractivity contribution in [3.05, 3.63) is 90.0 Å². The van der Waals surface area contributed by atoms with Crippen molar-refractivity contribution in [2.24, 2.45) is 0 Å². The van der Waals surface area contributed by atoms with Gasteiger partial charge in [0.25, 0.3) is 15.9 Å². The van der Waals surface area contributed by atoms with E-state index in [0.29, 0.717) is 5.56 Å². The van der Waals surface area contributed by atoms with Gasteiger partial charge < -0.3 is 10.6 Å². The minimum absolute atomic E-state index is 0.0656. The zero-order valence-corrected chi connectivity index (χ0v) is 19.9. The maximum atomic E-state index is 13.1. The highest BCUT2D eigenvalue weighted by Crippen LogP contribution is 2.29. The van der Waals surface area contributed by atoms with E-state index >= 15 is 0 Å². The minimum Gasteiger partial charge on any atom is -0.323 e. The van der Waals surface area contributed by atoms with Gasteiger partial charge in [0.15, 0.2) is 0 Å². The number of hydrogen-bond acceptors (Lipinski definition) is 5. The summed E-state index contributed by atoms with van der Waals surface area (Å²) in [6, 6.07) is 20.6. The molecule has 9 nitrogen and oxygen atoms in total. The highest BCUT2D eigenvalue weighted by Gasteiger charge is 2.49. The third kappa shape index (κ3) is 4.87. The molecule has 1 aliphatic rings. The monoisotopic (exact) mass is 492 g/mol. The molecule has 0 aromatic heterocycles. The van der Waals surface area contributed by atoms with Gasteiger partial charge in [-0.15, -0.1) is 0 Å². The lowest BCUT2D eigenvalue weighted by Crippen LogP contribution is -2.42. The van der Waals surface area contributed by atoms with Gasteiger partial charge in [-0.05, 0) is 43.7 Å². The minimum atomic E-state index is -3.89. The summed E-state index contributed by atoms with van der Waals surface area (Å²) in [5.74, 6) is -1.22. The first-order valence-electron chi connectivity index (χ1n) is 10.8. The molecule has 4 amide bonds. The number of nitrogens with one attached hydrogen (secondary N) is 3. The van der Waals surface area contributed by atoms with Crippen molar-refractivity contribution in [1.29, 1.82) is 0 Å². The fraction of sp³-hybridized carbons (Fsp3) is 0.160. The Hall–Kier alpha value is -4.18. The molecule has 1 unspecified atom stereocenters. The van der Waals surface area contributed by atoms with E-state index in [1.54, 1.807) is 49.4 Å². The molecule has 0 radical (unpaired) electrons. The van der Waals surface area contributed by atoms with Crippen molar-refractivity contribution in [3.8, 4) is 0 Å².